The Morgan fingerprint density at radius 1 is 1.07 bits per heavy atom. The molecular formula is C17H13F3N2O6. The number of hydrazine groups is 1. The summed E-state index contributed by atoms with van der Waals surface area (Å²) in [6.07, 6.45) is -1.26. The Morgan fingerprint density at radius 2 is 1.79 bits per heavy atom. The van der Waals surface area contributed by atoms with Crippen molar-refractivity contribution >= 4 is 23.9 Å². The Kier molecular flexibility index (Phi) is 6.79. The largest absolute Gasteiger partial charge is 0.573 e. The molecule has 2 amide bonds. The fourth-order valence-corrected chi connectivity index (χ4v) is 1.76. The standard InChI is InChI=1S/C17H13F3N2O6/c18-17(19,20)28-12-6-3-11(4-7-12)5-8-15(24)27-10-14(23)21-22-16(25)13-2-1-9-26-13/h1-9H,10H2,(H,21,23)(H,22,25)/b8-5+. The zero-order chi connectivity index (χ0) is 20.6. The Bertz CT molecular complexity index is 845. The van der Waals surface area contributed by atoms with E-state index in [0.717, 1.165) is 18.2 Å². The van der Waals surface area contributed by atoms with Gasteiger partial charge in [-0.2, -0.15) is 0 Å². The molecule has 0 saturated heterocycles. The van der Waals surface area contributed by atoms with E-state index < -0.39 is 36.5 Å². The van der Waals surface area contributed by atoms with Crippen molar-refractivity contribution in [3.63, 3.8) is 0 Å². The lowest BCUT2D eigenvalue weighted by atomic mass is 10.2. The summed E-state index contributed by atoms with van der Waals surface area (Å²) in [4.78, 5) is 34.5. The normalized spacial score (nSPS) is 11.1. The van der Waals surface area contributed by atoms with E-state index >= 15 is 0 Å². The molecule has 0 aliphatic carbocycles. The summed E-state index contributed by atoms with van der Waals surface area (Å²) in [6, 6.07) is 7.61. The predicted molar refractivity (Wildman–Crippen MR) is 87.4 cm³/mol. The first kappa shape index (κ1) is 20.6. The fraction of sp³-hybridized carbons (Fsp3) is 0.118. The summed E-state index contributed by atoms with van der Waals surface area (Å²) in [5.74, 6) is -2.78. The number of nitrogens with one attached hydrogen (secondary N) is 2. The number of hydrogen-bond donors (Lipinski definition) is 2. The van der Waals surface area contributed by atoms with Gasteiger partial charge in [0.15, 0.2) is 12.4 Å². The number of rotatable bonds is 6. The van der Waals surface area contributed by atoms with Crippen LogP contribution in [0, 0.1) is 0 Å². The molecule has 0 spiro atoms. The van der Waals surface area contributed by atoms with Crippen LogP contribution in [0.15, 0.2) is 53.2 Å². The van der Waals surface area contributed by atoms with E-state index in [-0.39, 0.29) is 5.76 Å². The molecule has 2 N–H and O–H groups in total. The first-order chi connectivity index (χ1) is 13.2. The molecule has 1 aromatic carbocycles. The third-order valence-electron chi connectivity index (χ3n) is 2.93. The lowest BCUT2D eigenvalue weighted by Crippen LogP contribution is -2.43. The monoisotopic (exact) mass is 398 g/mol. The third-order valence-corrected chi connectivity index (χ3v) is 2.93. The number of esters is 1. The molecule has 148 valence electrons. The van der Waals surface area contributed by atoms with Crippen molar-refractivity contribution < 1.29 is 41.4 Å². The quantitative estimate of drug-likeness (QED) is 0.439. The first-order valence-electron chi connectivity index (χ1n) is 7.56. The van der Waals surface area contributed by atoms with Gasteiger partial charge in [-0.05, 0) is 35.9 Å². The van der Waals surface area contributed by atoms with Gasteiger partial charge < -0.3 is 13.9 Å². The van der Waals surface area contributed by atoms with Crippen molar-refractivity contribution in [1.29, 1.82) is 0 Å². The van der Waals surface area contributed by atoms with E-state index in [9.17, 15) is 27.6 Å². The van der Waals surface area contributed by atoms with Crippen molar-refractivity contribution in [3.05, 3.63) is 60.1 Å². The van der Waals surface area contributed by atoms with Gasteiger partial charge in [0.2, 0.25) is 0 Å². The summed E-state index contributed by atoms with van der Waals surface area (Å²) >= 11 is 0. The van der Waals surface area contributed by atoms with Crippen molar-refractivity contribution in [2.75, 3.05) is 6.61 Å². The number of furan rings is 1. The van der Waals surface area contributed by atoms with Crippen LogP contribution in [-0.4, -0.2) is 30.8 Å². The Balaban J connectivity index is 1.72. The molecular weight excluding hydrogens is 385 g/mol. The summed E-state index contributed by atoms with van der Waals surface area (Å²) in [5.41, 5.74) is 4.48. The van der Waals surface area contributed by atoms with Crippen LogP contribution in [0.1, 0.15) is 16.1 Å². The maximum Gasteiger partial charge on any atom is 0.573 e. The van der Waals surface area contributed by atoms with E-state index in [1.807, 2.05) is 5.43 Å². The van der Waals surface area contributed by atoms with Gasteiger partial charge in [0.1, 0.15) is 5.75 Å². The summed E-state index contributed by atoms with van der Waals surface area (Å²) < 4.78 is 49.4. The minimum Gasteiger partial charge on any atom is -0.459 e. The lowest BCUT2D eigenvalue weighted by Gasteiger charge is -2.08. The maximum absolute atomic E-state index is 12.1. The van der Waals surface area contributed by atoms with Crippen molar-refractivity contribution in [2.45, 2.75) is 6.36 Å². The van der Waals surface area contributed by atoms with Crippen LogP contribution in [0.5, 0.6) is 5.75 Å². The molecule has 0 radical (unpaired) electrons. The SMILES string of the molecule is O=C(COC(=O)/C=C/c1ccc(OC(F)(F)F)cc1)NNC(=O)c1ccco1. The van der Waals surface area contributed by atoms with Crippen molar-refractivity contribution in [1.82, 2.24) is 10.9 Å². The minimum atomic E-state index is -4.79. The Morgan fingerprint density at radius 3 is 2.39 bits per heavy atom. The highest BCUT2D eigenvalue weighted by molar-refractivity contribution is 5.93. The molecule has 0 aliphatic heterocycles. The fourth-order valence-electron chi connectivity index (χ4n) is 1.76. The summed E-state index contributed by atoms with van der Waals surface area (Å²) in [6.45, 7) is -0.667. The average Bonchev–Trinajstić information content (AvgIpc) is 3.17. The highest BCUT2D eigenvalue weighted by Gasteiger charge is 2.30. The maximum atomic E-state index is 12.1. The average molecular weight is 398 g/mol. The van der Waals surface area contributed by atoms with Gasteiger partial charge in [0.25, 0.3) is 5.91 Å². The van der Waals surface area contributed by atoms with Crippen LogP contribution in [-0.2, 0) is 14.3 Å². The van der Waals surface area contributed by atoms with Crippen LogP contribution < -0.4 is 15.6 Å². The molecule has 2 aromatic rings. The molecule has 11 heteroatoms. The number of hydrogen-bond acceptors (Lipinski definition) is 6. The molecule has 0 unspecified atom stereocenters. The summed E-state index contributed by atoms with van der Waals surface area (Å²) in [7, 11) is 0. The smallest absolute Gasteiger partial charge is 0.459 e. The number of alkyl halides is 3. The number of ether oxygens (including phenoxy) is 2. The molecule has 1 heterocycles. The van der Waals surface area contributed by atoms with Crippen molar-refractivity contribution in [3.8, 4) is 5.75 Å². The number of carbonyl (C=O) groups excluding carboxylic acids is 3. The molecule has 0 aliphatic rings. The predicted octanol–water partition coefficient (Wildman–Crippen LogP) is 2.20. The van der Waals surface area contributed by atoms with Gasteiger partial charge in [-0.3, -0.25) is 20.4 Å². The molecule has 0 atom stereocenters. The van der Waals surface area contributed by atoms with E-state index in [0.29, 0.717) is 5.56 Å². The molecule has 8 nitrogen and oxygen atoms in total. The zero-order valence-electron chi connectivity index (χ0n) is 14.0. The number of halogens is 3. The number of amides is 2. The first-order valence-corrected chi connectivity index (χ1v) is 7.56. The number of benzene rings is 1. The molecule has 1 aromatic heterocycles. The van der Waals surface area contributed by atoms with E-state index in [1.165, 1.54) is 36.6 Å². The topological polar surface area (TPSA) is 107 Å². The Hall–Kier alpha value is -3.76. The second-order valence-electron chi connectivity index (χ2n) is 5.04. The summed E-state index contributed by atoms with van der Waals surface area (Å²) in [5, 5.41) is 0. The Labute approximate surface area is 155 Å². The van der Waals surface area contributed by atoms with Gasteiger partial charge >= 0.3 is 18.2 Å². The van der Waals surface area contributed by atoms with E-state index in [2.05, 4.69) is 14.9 Å². The van der Waals surface area contributed by atoms with Crippen LogP contribution in [0.3, 0.4) is 0 Å². The second-order valence-corrected chi connectivity index (χ2v) is 5.04. The minimum absolute atomic E-state index is 0.0214. The molecule has 0 saturated carbocycles. The molecule has 0 bridgehead atoms. The van der Waals surface area contributed by atoms with Crippen LogP contribution >= 0.6 is 0 Å². The highest BCUT2D eigenvalue weighted by Crippen LogP contribution is 2.22. The van der Waals surface area contributed by atoms with Gasteiger partial charge in [-0.15, -0.1) is 13.2 Å². The molecule has 28 heavy (non-hydrogen) atoms. The van der Waals surface area contributed by atoms with Gasteiger partial charge in [0.05, 0.1) is 6.26 Å². The second kappa shape index (κ2) is 9.26. The van der Waals surface area contributed by atoms with Crippen LogP contribution in [0.4, 0.5) is 13.2 Å². The van der Waals surface area contributed by atoms with Crippen molar-refractivity contribution in [2.24, 2.45) is 0 Å². The molecule has 0 fully saturated rings. The van der Waals surface area contributed by atoms with Gasteiger partial charge in [0, 0.05) is 6.08 Å². The van der Waals surface area contributed by atoms with Crippen LogP contribution in [0.2, 0.25) is 0 Å². The lowest BCUT2D eigenvalue weighted by molar-refractivity contribution is -0.274. The number of carbonyl (C=O) groups is 3. The van der Waals surface area contributed by atoms with Gasteiger partial charge in [-0.25, -0.2) is 4.79 Å². The highest BCUT2D eigenvalue weighted by atomic mass is 19.4. The molecule has 2 rings (SSSR count). The van der Waals surface area contributed by atoms with E-state index in [1.54, 1.807) is 0 Å². The third kappa shape index (κ3) is 7.23. The zero-order valence-corrected chi connectivity index (χ0v) is 14.0. The van der Waals surface area contributed by atoms with Crippen LogP contribution in [0.25, 0.3) is 6.08 Å². The van der Waals surface area contributed by atoms with E-state index in [4.69, 9.17) is 4.42 Å². The van der Waals surface area contributed by atoms with Gasteiger partial charge in [-0.1, -0.05) is 12.1 Å².